The van der Waals surface area contributed by atoms with Gasteiger partial charge < -0.3 is 5.11 Å². The van der Waals surface area contributed by atoms with Gasteiger partial charge in [-0.05, 0) is 86.9 Å². The Hall–Kier alpha value is -2.88. The van der Waals surface area contributed by atoms with Gasteiger partial charge in [0, 0.05) is 23.3 Å². The van der Waals surface area contributed by atoms with Crippen molar-refractivity contribution >= 4 is 23.0 Å². The number of hydrogen-bond acceptors (Lipinski definition) is 7. The predicted molar refractivity (Wildman–Crippen MR) is 132 cm³/mol. The minimum atomic E-state index is -0.751. The Labute approximate surface area is 209 Å². The number of nitrogens with zero attached hydrogens (tertiary/aromatic N) is 3. The SMILES string of the molecule is C[C@]12CC[C@@H](O)C[C@@H]1CC[C@H]1[C@H]2CC[C@@]2(C)C(=NNC(=O)c3cc([N+](=O)[O-])cc([N+](=O)[O-])c3)CC[C@H]12. The molecule has 10 heteroatoms. The number of hydrogen-bond donors (Lipinski definition) is 2. The van der Waals surface area contributed by atoms with Crippen LogP contribution in [0.15, 0.2) is 23.3 Å². The highest BCUT2D eigenvalue weighted by Crippen LogP contribution is 2.65. The molecule has 0 saturated heterocycles. The molecule has 0 aliphatic heterocycles. The molecule has 4 saturated carbocycles. The van der Waals surface area contributed by atoms with Crippen LogP contribution >= 0.6 is 0 Å². The highest BCUT2D eigenvalue weighted by Gasteiger charge is 2.59. The summed E-state index contributed by atoms with van der Waals surface area (Å²) in [6.07, 6.45) is 9.03. The lowest BCUT2D eigenvalue weighted by Gasteiger charge is -2.60. The zero-order valence-corrected chi connectivity index (χ0v) is 20.8. The summed E-state index contributed by atoms with van der Waals surface area (Å²) in [4.78, 5) is 33.6. The van der Waals surface area contributed by atoms with Crippen LogP contribution in [0.2, 0.25) is 0 Å². The molecule has 0 heterocycles. The molecule has 0 radical (unpaired) electrons. The Morgan fingerprint density at radius 1 is 1.00 bits per heavy atom. The first-order valence-corrected chi connectivity index (χ1v) is 13.0. The quantitative estimate of drug-likeness (QED) is 0.441. The Kier molecular flexibility index (Phi) is 6.13. The molecule has 1 aromatic carbocycles. The van der Waals surface area contributed by atoms with Gasteiger partial charge in [-0.3, -0.25) is 25.0 Å². The summed E-state index contributed by atoms with van der Waals surface area (Å²) >= 11 is 0. The molecular weight excluding hydrogens is 464 g/mol. The average molecular weight is 499 g/mol. The van der Waals surface area contributed by atoms with Crippen LogP contribution in [0.4, 0.5) is 11.4 Å². The summed E-state index contributed by atoms with van der Waals surface area (Å²) in [5, 5.41) is 37.1. The fraction of sp³-hybridized carbons (Fsp3) is 0.692. The molecule has 4 aliphatic rings. The van der Waals surface area contributed by atoms with E-state index >= 15 is 0 Å². The second-order valence-corrected chi connectivity index (χ2v) is 11.8. The summed E-state index contributed by atoms with van der Waals surface area (Å²) in [7, 11) is 0. The zero-order chi connectivity index (χ0) is 25.8. The van der Waals surface area contributed by atoms with E-state index in [1.54, 1.807) is 0 Å². The third-order valence-electron chi connectivity index (χ3n) is 10.3. The molecule has 0 spiro atoms. The highest BCUT2D eigenvalue weighted by molar-refractivity contribution is 5.98. The van der Waals surface area contributed by atoms with Crippen molar-refractivity contribution < 1.29 is 19.7 Å². The van der Waals surface area contributed by atoms with E-state index in [9.17, 15) is 30.1 Å². The summed E-state index contributed by atoms with van der Waals surface area (Å²) in [5.41, 5.74) is 2.49. The van der Waals surface area contributed by atoms with Gasteiger partial charge in [0.05, 0.1) is 27.6 Å². The molecule has 0 unspecified atom stereocenters. The van der Waals surface area contributed by atoms with E-state index in [0.717, 1.165) is 75.3 Å². The Morgan fingerprint density at radius 3 is 2.36 bits per heavy atom. The average Bonchev–Trinajstić information content (AvgIpc) is 3.18. The van der Waals surface area contributed by atoms with Gasteiger partial charge >= 0.3 is 0 Å². The number of nitro benzene ring substituents is 2. The normalized spacial score (nSPS) is 38.5. The lowest BCUT2D eigenvalue weighted by atomic mass is 9.45. The van der Waals surface area contributed by atoms with Gasteiger partial charge in [-0.15, -0.1) is 0 Å². The molecule has 5 rings (SSSR count). The molecule has 10 nitrogen and oxygen atoms in total. The van der Waals surface area contributed by atoms with Gasteiger partial charge in [0.2, 0.25) is 0 Å². The van der Waals surface area contributed by atoms with Crippen LogP contribution < -0.4 is 5.43 Å². The second-order valence-electron chi connectivity index (χ2n) is 11.8. The van der Waals surface area contributed by atoms with Gasteiger partial charge in [-0.2, -0.15) is 5.10 Å². The Morgan fingerprint density at radius 2 is 1.69 bits per heavy atom. The van der Waals surface area contributed by atoms with Gasteiger partial charge in [-0.1, -0.05) is 13.8 Å². The number of carbonyl (C=O) groups excluding carboxylic acids is 1. The lowest BCUT2D eigenvalue weighted by Crippen LogP contribution is -2.54. The monoisotopic (exact) mass is 498 g/mol. The second kappa shape index (κ2) is 8.90. The molecule has 4 fully saturated rings. The van der Waals surface area contributed by atoms with Crippen LogP contribution in [0.5, 0.6) is 0 Å². The number of carbonyl (C=O) groups is 1. The van der Waals surface area contributed by atoms with Gasteiger partial charge in [0.1, 0.15) is 0 Å². The van der Waals surface area contributed by atoms with E-state index in [1.807, 2.05) is 0 Å². The number of non-ortho nitro benzene ring substituents is 2. The minimum absolute atomic E-state index is 0.111. The fourth-order valence-corrected chi connectivity index (χ4v) is 8.33. The Balaban J connectivity index is 1.34. The molecule has 7 atom stereocenters. The highest BCUT2D eigenvalue weighted by atomic mass is 16.6. The minimum Gasteiger partial charge on any atom is -0.393 e. The fourth-order valence-electron chi connectivity index (χ4n) is 8.33. The maximum absolute atomic E-state index is 12.8. The van der Waals surface area contributed by atoms with Crippen LogP contribution in [-0.4, -0.2) is 32.7 Å². The number of nitro groups is 2. The largest absolute Gasteiger partial charge is 0.393 e. The number of fused-ring (bicyclic) bond motifs is 5. The van der Waals surface area contributed by atoms with Crippen LogP contribution in [0.3, 0.4) is 0 Å². The summed E-state index contributed by atoms with van der Waals surface area (Å²) in [5.74, 6) is 1.67. The summed E-state index contributed by atoms with van der Waals surface area (Å²) in [6, 6.07) is 2.91. The number of aliphatic hydroxyl groups is 1. The molecule has 1 aromatic rings. The number of aliphatic hydroxyl groups excluding tert-OH is 1. The summed E-state index contributed by atoms with van der Waals surface area (Å²) < 4.78 is 0. The van der Waals surface area contributed by atoms with E-state index in [2.05, 4.69) is 24.4 Å². The van der Waals surface area contributed by atoms with E-state index in [1.165, 1.54) is 6.42 Å². The molecule has 0 aromatic heterocycles. The van der Waals surface area contributed by atoms with Crippen molar-refractivity contribution in [2.24, 2.45) is 39.6 Å². The number of hydrazone groups is 1. The topological polar surface area (TPSA) is 148 Å². The standard InChI is InChI=1S/C26H34N4O6/c1-25-9-7-19(31)13-16(25)3-4-20-21-5-6-23(26(21,2)10-8-22(20)25)27-28-24(32)15-11-17(29(33)34)14-18(12-15)30(35)36/h11-12,14,16,19-22,31H,3-10,13H2,1-2H3,(H,28,32)/t16-,19+,20+,21+,22+,25-,26+/m0/s1. The maximum atomic E-state index is 12.8. The van der Waals surface area contributed by atoms with Crippen molar-refractivity contribution in [1.29, 1.82) is 0 Å². The first-order valence-electron chi connectivity index (χ1n) is 13.0. The van der Waals surface area contributed by atoms with E-state index in [-0.39, 0.29) is 22.5 Å². The van der Waals surface area contributed by atoms with Crippen molar-refractivity contribution in [2.45, 2.75) is 77.7 Å². The van der Waals surface area contributed by atoms with Gasteiger partial charge in [-0.25, -0.2) is 5.43 Å². The zero-order valence-electron chi connectivity index (χ0n) is 20.8. The molecular formula is C26H34N4O6. The van der Waals surface area contributed by atoms with Crippen LogP contribution in [0.25, 0.3) is 0 Å². The first kappa shape index (κ1) is 24.8. The van der Waals surface area contributed by atoms with Crippen molar-refractivity contribution in [3.63, 3.8) is 0 Å². The van der Waals surface area contributed by atoms with Gasteiger partial charge in [0.25, 0.3) is 17.3 Å². The van der Waals surface area contributed by atoms with Crippen LogP contribution in [0.1, 0.15) is 82.0 Å². The molecule has 2 N–H and O–H groups in total. The maximum Gasteiger partial charge on any atom is 0.277 e. The number of nitrogens with one attached hydrogen (secondary N) is 1. The molecule has 0 bridgehead atoms. The van der Waals surface area contributed by atoms with Crippen molar-refractivity contribution in [3.05, 3.63) is 44.0 Å². The number of amides is 1. The Bertz CT molecular complexity index is 1110. The third-order valence-corrected chi connectivity index (χ3v) is 10.3. The van der Waals surface area contributed by atoms with Gasteiger partial charge in [0.15, 0.2) is 0 Å². The van der Waals surface area contributed by atoms with Crippen LogP contribution in [-0.2, 0) is 0 Å². The van der Waals surface area contributed by atoms with E-state index in [0.29, 0.717) is 23.7 Å². The predicted octanol–water partition coefficient (Wildman–Crippen LogP) is 4.99. The van der Waals surface area contributed by atoms with Crippen LogP contribution in [0, 0.1) is 54.7 Å². The van der Waals surface area contributed by atoms with Crippen molar-refractivity contribution in [3.8, 4) is 0 Å². The molecule has 36 heavy (non-hydrogen) atoms. The third kappa shape index (κ3) is 3.99. The first-order chi connectivity index (χ1) is 17.0. The smallest absolute Gasteiger partial charge is 0.277 e. The molecule has 4 aliphatic carbocycles. The molecule has 194 valence electrons. The molecule has 1 amide bonds. The lowest BCUT2D eigenvalue weighted by molar-refractivity contribution is -0.394. The van der Waals surface area contributed by atoms with E-state index < -0.39 is 27.1 Å². The van der Waals surface area contributed by atoms with E-state index in [4.69, 9.17) is 0 Å². The van der Waals surface area contributed by atoms with Crippen molar-refractivity contribution in [2.75, 3.05) is 0 Å². The number of rotatable bonds is 4. The number of benzene rings is 1. The van der Waals surface area contributed by atoms with Crippen molar-refractivity contribution in [1.82, 2.24) is 5.43 Å². The summed E-state index contributed by atoms with van der Waals surface area (Å²) in [6.45, 7) is 4.70.